The molecule has 0 saturated heterocycles. The summed E-state index contributed by atoms with van der Waals surface area (Å²) < 4.78 is 9.47. The van der Waals surface area contributed by atoms with Gasteiger partial charge in [-0.25, -0.2) is 4.79 Å². The minimum atomic E-state index is -0.565. The third-order valence-corrected chi connectivity index (χ3v) is 1.09. The number of hydroxylamine groups is 1. The van der Waals surface area contributed by atoms with Gasteiger partial charge in [0, 0.05) is 7.11 Å². The molecule has 0 aliphatic heterocycles. The lowest BCUT2D eigenvalue weighted by Crippen LogP contribution is -2.27. The molecular formula is C8H17NO4. The van der Waals surface area contributed by atoms with Crippen molar-refractivity contribution < 1.29 is 19.1 Å². The molecule has 0 radical (unpaired) electrons. The minimum absolute atomic E-state index is 0.313. The van der Waals surface area contributed by atoms with Gasteiger partial charge in [-0.05, 0) is 5.92 Å². The van der Waals surface area contributed by atoms with Crippen LogP contribution >= 0.6 is 0 Å². The Bertz CT molecular complexity index is 138. The van der Waals surface area contributed by atoms with Crippen molar-refractivity contribution in [2.24, 2.45) is 5.92 Å². The summed E-state index contributed by atoms with van der Waals surface area (Å²) in [6.07, 6.45) is -0.565. The van der Waals surface area contributed by atoms with Crippen molar-refractivity contribution in [3.05, 3.63) is 0 Å². The molecule has 0 atom stereocenters. The summed E-state index contributed by atoms with van der Waals surface area (Å²) in [5.74, 6) is 0.324. The van der Waals surface area contributed by atoms with E-state index in [0.717, 1.165) is 0 Å². The molecule has 5 nitrogen and oxygen atoms in total. The number of rotatable bonds is 6. The lowest BCUT2D eigenvalue weighted by atomic mass is 10.2. The molecule has 0 aromatic heterocycles. The van der Waals surface area contributed by atoms with Crippen LogP contribution in [-0.2, 0) is 14.3 Å². The molecule has 5 heteroatoms. The number of ether oxygens (including phenoxy) is 2. The number of nitrogens with one attached hydrogen (secondary N) is 1. The Labute approximate surface area is 78.3 Å². The molecule has 1 N–H and O–H groups in total. The van der Waals surface area contributed by atoms with E-state index in [9.17, 15) is 4.79 Å². The quantitative estimate of drug-likeness (QED) is 0.501. The van der Waals surface area contributed by atoms with Crippen LogP contribution in [-0.4, -0.2) is 33.0 Å². The molecule has 1 amide bonds. The van der Waals surface area contributed by atoms with Gasteiger partial charge in [0.25, 0.3) is 0 Å². The first-order valence-electron chi connectivity index (χ1n) is 4.20. The molecule has 0 aromatic carbocycles. The lowest BCUT2D eigenvalue weighted by molar-refractivity contribution is 0.00122. The van der Waals surface area contributed by atoms with Crippen LogP contribution < -0.4 is 5.48 Å². The van der Waals surface area contributed by atoms with Crippen molar-refractivity contribution in [3.8, 4) is 0 Å². The van der Waals surface area contributed by atoms with Gasteiger partial charge in [0.15, 0.2) is 0 Å². The van der Waals surface area contributed by atoms with E-state index < -0.39 is 6.09 Å². The molecule has 0 rings (SSSR count). The predicted molar refractivity (Wildman–Crippen MR) is 47.1 cm³/mol. The van der Waals surface area contributed by atoms with Gasteiger partial charge in [-0.1, -0.05) is 13.8 Å². The molecule has 0 unspecified atom stereocenters. The van der Waals surface area contributed by atoms with Crippen LogP contribution in [0.15, 0.2) is 0 Å². The van der Waals surface area contributed by atoms with Gasteiger partial charge in [0.1, 0.15) is 0 Å². The van der Waals surface area contributed by atoms with E-state index >= 15 is 0 Å². The number of amides is 1. The Hall–Kier alpha value is -0.810. The summed E-state index contributed by atoms with van der Waals surface area (Å²) in [6.45, 7) is 5.05. The fourth-order valence-electron chi connectivity index (χ4n) is 0.507. The van der Waals surface area contributed by atoms with Crippen LogP contribution in [0.2, 0.25) is 0 Å². The molecule has 0 bridgehead atoms. The van der Waals surface area contributed by atoms with Gasteiger partial charge < -0.3 is 9.47 Å². The van der Waals surface area contributed by atoms with E-state index in [0.29, 0.717) is 25.7 Å². The van der Waals surface area contributed by atoms with Crippen molar-refractivity contribution >= 4 is 6.09 Å². The largest absolute Gasteiger partial charge is 0.448 e. The second-order valence-electron chi connectivity index (χ2n) is 2.94. The monoisotopic (exact) mass is 191 g/mol. The van der Waals surface area contributed by atoms with Crippen molar-refractivity contribution in [1.82, 2.24) is 5.48 Å². The topological polar surface area (TPSA) is 56.8 Å². The Morgan fingerprint density at radius 1 is 1.38 bits per heavy atom. The molecule has 0 aromatic rings. The van der Waals surface area contributed by atoms with Crippen molar-refractivity contribution in [3.63, 3.8) is 0 Å². The lowest BCUT2D eigenvalue weighted by Gasteiger charge is -2.08. The van der Waals surface area contributed by atoms with E-state index in [2.05, 4.69) is 5.48 Å². The van der Waals surface area contributed by atoms with Gasteiger partial charge in [0.2, 0.25) is 0 Å². The van der Waals surface area contributed by atoms with Crippen LogP contribution in [0.5, 0.6) is 0 Å². The highest BCUT2D eigenvalue weighted by molar-refractivity contribution is 5.65. The molecular weight excluding hydrogens is 174 g/mol. The summed E-state index contributed by atoms with van der Waals surface area (Å²) in [4.78, 5) is 15.5. The van der Waals surface area contributed by atoms with Crippen molar-refractivity contribution in [1.29, 1.82) is 0 Å². The number of methoxy groups -OCH3 is 1. The van der Waals surface area contributed by atoms with Crippen molar-refractivity contribution in [2.75, 3.05) is 26.9 Å². The zero-order valence-electron chi connectivity index (χ0n) is 8.33. The van der Waals surface area contributed by atoms with Gasteiger partial charge in [-0.3, -0.25) is 4.84 Å². The SMILES string of the molecule is COCCONC(=O)OCC(C)C. The third-order valence-electron chi connectivity index (χ3n) is 1.09. The van der Waals surface area contributed by atoms with E-state index in [1.165, 1.54) is 0 Å². The van der Waals surface area contributed by atoms with E-state index in [4.69, 9.17) is 14.3 Å². The van der Waals surface area contributed by atoms with E-state index in [1.807, 2.05) is 13.8 Å². The van der Waals surface area contributed by atoms with E-state index in [1.54, 1.807) is 7.11 Å². The number of hydrogen-bond donors (Lipinski definition) is 1. The van der Waals surface area contributed by atoms with Crippen molar-refractivity contribution in [2.45, 2.75) is 13.8 Å². The average Bonchev–Trinajstić information content (AvgIpc) is 2.09. The normalized spacial score (nSPS) is 10.2. The second-order valence-corrected chi connectivity index (χ2v) is 2.94. The maximum absolute atomic E-state index is 10.8. The number of hydrogen-bond acceptors (Lipinski definition) is 4. The molecule has 0 aliphatic rings. The molecule has 0 fully saturated rings. The first kappa shape index (κ1) is 12.2. The maximum Gasteiger partial charge on any atom is 0.431 e. The van der Waals surface area contributed by atoms with Gasteiger partial charge in [0.05, 0.1) is 19.8 Å². The zero-order valence-corrected chi connectivity index (χ0v) is 8.33. The Balaban J connectivity index is 3.20. The van der Waals surface area contributed by atoms with Crippen LogP contribution in [0.1, 0.15) is 13.8 Å². The zero-order chi connectivity index (χ0) is 10.1. The van der Waals surface area contributed by atoms with Crippen LogP contribution in [0, 0.1) is 5.92 Å². The Kier molecular flexibility index (Phi) is 7.33. The van der Waals surface area contributed by atoms with Crippen LogP contribution in [0.4, 0.5) is 4.79 Å². The molecule has 78 valence electrons. The van der Waals surface area contributed by atoms with Crippen LogP contribution in [0.25, 0.3) is 0 Å². The van der Waals surface area contributed by atoms with Crippen LogP contribution in [0.3, 0.4) is 0 Å². The second kappa shape index (κ2) is 7.82. The van der Waals surface area contributed by atoms with Gasteiger partial charge in [-0.2, -0.15) is 5.48 Å². The minimum Gasteiger partial charge on any atom is -0.448 e. The predicted octanol–water partition coefficient (Wildman–Crippen LogP) is 0.947. The van der Waals surface area contributed by atoms with Gasteiger partial charge >= 0.3 is 6.09 Å². The highest BCUT2D eigenvalue weighted by atomic mass is 16.7. The fraction of sp³-hybridized carbons (Fsp3) is 0.875. The summed E-state index contributed by atoms with van der Waals surface area (Å²) in [6, 6.07) is 0. The summed E-state index contributed by atoms with van der Waals surface area (Å²) >= 11 is 0. The maximum atomic E-state index is 10.8. The smallest absolute Gasteiger partial charge is 0.431 e. The first-order chi connectivity index (χ1) is 6.16. The van der Waals surface area contributed by atoms with E-state index in [-0.39, 0.29) is 0 Å². The molecule has 0 spiro atoms. The highest BCUT2D eigenvalue weighted by Crippen LogP contribution is 1.92. The highest BCUT2D eigenvalue weighted by Gasteiger charge is 2.02. The summed E-state index contributed by atoms with van der Waals surface area (Å²) in [5.41, 5.74) is 2.13. The third kappa shape index (κ3) is 9.10. The average molecular weight is 191 g/mol. The molecule has 13 heavy (non-hydrogen) atoms. The molecule has 0 saturated carbocycles. The summed E-state index contributed by atoms with van der Waals surface area (Å²) in [7, 11) is 1.56. The fourth-order valence-corrected chi connectivity index (χ4v) is 0.507. The number of carbonyl (C=O) groups excluding carboxylic acids is 1. The Morgan fingerprint density at radius 2 is 2.08 bits per heavy atom. The molecule has 0 aliphatic carbocycles. The standard InChI is InChI=1S/C8H17NO4/c1-7(2)6-12-8(10)9-13-5-4-11-3/h7H,4-6H2,1-3H3,(H,9,10). The first-order valence-corrected chi connectivity index (χ1v) is 4.20. The van der Waals surface area contributed by atoms with Gasteiger partial charge in [-0.15, -0.1) is 0 Å². The summed E-state index contributed by atoms with van der Waals surface area (Å²) in [5, 5.41) is 0. The number of carbonyl (C=O) groups is 1. The Morgan fingerprint density at radius 3 is 2.62 bits per heavy atom. The molecule has 0 heterocycles.